The fourth-order valence-corrected chi connectivity index (χ4v) is 2.75. The summed E-state index contributed by atoms with van der Waals surface area (Å²) >= 11 is 0. The third-order valence-electron chi connectivity index (χ3n) is 4.46. The van der Waals surface area contributed by atoms with Crippen molar-refractivity contribution in [2.45, 2.75) is 32.2 Å². The highest BCUT2D eigenvalue weighted by Crippen LogP contribution is 2.25. The summed E-state index contributed by atoms with van der Waals surface area (Å²) in [7, 11) is 3.98. The third kappa shape index (κ3) is 6.36. The van der Waals surface area contributed by atoms with Gasteiger partial charge in [0.25, 0.3) is 5.91 Å². The Bertz CT molecular complexity index is 734. The van der Waals surface area contributed by atoms with E-state index in [2.05, 4.69) is 55.3 Å². The SMILES string of the molecule is CN(C)[C@H](CNC(=O)COc1ccc(F)cc1)c1ccc(C(C)(C)C)cc1. The Balaban J connectivity index is 1.92. The number of halogens is 1. The van der Waals surface area contributed by atoms with Gasteiger partial charge in [0, 0.05) is 6.54 Å². The molecule has 0 fully saturated rings. The zero-order valence-electron chi connectivity index (χ0n) is 16.8. The lowest BCUT2D eigenvalue weighted by molar-refractivity contribution is -0.123. The van der Waals surface area contributed by atoms with Gasteiger partial charge in [-0.15, -0.1) is 0 Å². The summed E-state index contributed by atoms with van der Waals surface area (Å²) in [6.07, 6.45) is 0. The molecule has 0 unspecified atom stereocenters. The fourth-order valence-electron chi connectivity index (χ4n) is 2.75. The van der Waals surface area contributed by atoms with E-state index < -0.39 is 0 Å². The normalized spacial score (nSPS) is 12.7. The van der Waals surface area contributed by atoms with Crippen LogP contribution in [0.3, 0.4) is 0 Å². The van der Waals surface area contributed by atoms with Crippen LogP contribution in [0.15, 0.2) is 48.5 Å². The van der Waals surface area contributed by atoms with Gasteiger partial charge in [-0.3, -0.25) is 4.79 Å². The van der Waals surface area contributed by atoms with Crippen molar-refractivity contribution < 1.29 is 13.9 Å². The molecule has 0 aliphatic rings. The first-order valence-corrected chi connectivity index (χ1v) is 9.09. The Hall–Kier alpha value is -2.40. The van der Waals surface area contributed by atoms with Crippen LogP contribution in [0.2, 0.25) is 0 Å². The predicted molar refractivity (Wildman–Crippen MR) is 106 cm³/mol. The van der Waals surface area contributed by atoms with Gasteiger partial charge >= 0.3 is 0 Å². The molecule has 2 aromatic rings. The van der Waals surface area contributed by atoms with E-state index in [1.807, 2.05) is 14.1 Å². The minimum atomic E-state index is -0.335. The number of hydrogen-bond acceptors (Lipinski definition) is 3. The van der Waals surface area contributed by atoms with Gasteiger partial charge in [0.05, 0.1) is 6.04 Å². The maximum Gasteiger partial charge on any atom is 0.258 e. The second kappa shape index (κ2) is 9.00. The van der Waals surface area contributed by atoms with Gasteiger partial charge < -0.3 is 15.0 Å². The van der Waals surface area contributed by atoms with Crippen LogP contribution in [-0.4, -0.2) is 38.1 Å². The number of ether oxygens (including phenoxy) is 1. The first kappa shape index (κ1) is 20.9. The number of nitrogens with zero attached hydrogens (tertiary/aromatic N) is 1. The van der Waals surface area contributed by atoms with Crippen molar-refractivity contribution in [2.75, 3.05) is 27.2 Å². The molecule has 1 amide bonds. The van der Waals surface area contributed by atoms with Gasteiger partial charge in [-0.2, -0.15) is 0 Å². The number of nitrogens with one attached hydrogen (secondary N) is 1. The van der Waals surface area contributed by atoms with Gasteiger partial charge in [0.15, 0.2) is 6.61 Å². The Morgan fingerprint density at radius 3 is 2.19 bits per heavy atom. The van der Waals surface area contributed by atoms with E-state index in [4.69, 9.17) is 4.74 Å². The molecule has 2 rings (SSSR count). The van der Waals surface area contributed by atoms with Crippen molar-refractivity contribution in [1.29, 1.82) is 0 Å². The van der Waals surface area contributed by atoms with E-state index in [9.17, 15) is 9.18 Å². The average Bonchev–Trinajstić information content (AvgIpc) is 2.61. The average molecular weight is 372 g/mol. The summed E-state index contributed by atoms with van der Waals surface area (Å²) < 4.78 is 18.3. The molecule has 0 heterocycles. The predicted octanol–water partition coefficient (Wildman–Crippen LogP) is 3.92. The Morgan fingerprint density at radius 1 is 1.07 bits per heavy atom. The highest BCUT2D eigenvalue weighted by molar-refractivity contribution is 5.77. The number of carbonyl (C=O) groups excluding carboxylic acids is 1. The van der Waals surface area contributed by atoms with E-state index >= 15 is 0 Å². The van der Waals surface area contributed by atoms with Crippen LogP contribution >= 0.6 is 0 Å². The summed E-state index contributed by atoms with van der Waals surface area (Å²) in [5.74, 6) is -0.0796. The fraction of sp³-hybridized carbons (Fsp3) is 0.409. The maximum atomic E-state index is 12.9. The Labute approximate surface area is 161 Å². The topological polar surface area (TPSA) is 41.6 Å². The quantitative estimate of drug-likeness (QED) is 0.801. The molecule has 0 saturated carbocycles. The van der Waals surface area contributed by atoms with Crippen molar-refractivity contribution in [3.05, 3.63) is 65.5 Å². The number of amides is 1. The van der Waals surface area contributed by atoms with Crippen LogP contribution in [0.5, 0.6) is 5.75 Å². The monoisotopic (exact) mass is 372 g/mol. The van der Waals surface area contributed by atoms with E-state index in [-0.39, 0.29) is 29.8 Å². The first-order chi connectivity index (χ1) is 12.7. The van der Waals surface area contributed by atoms with E-state index in [0.717, 1.165) is 5.56 Å². The van der Waals surface area contributed by atoms with Crippen LogP contribution in [-0.2, 0) is 10.2 Å². The van der Waals surface area contributed by atoms with Gasteiger partial charge in [-0.25, -0.2) is 4.39 Å². The van der Waals surface area contributed by atoms with Crippen molar-refractivity contribution in [3.8, 4) is 5.75 Å². The molecule has 0 aliphatic carbocycles. The van der Waals surface area contributed by atoms with Crippen LogP contribution in [0.4, 0.5) is 4.39 Å². The summed E-state index contributed by atoms with van der Waals surface area (Å²) in [4.78, 5) is 14.2. The zero-order valence-corrected chi connectivity index (χ0v) is 16.8. The molecule has 0 aromatic heterocycles. The van der Waals surface area contributed by atoms with Crippen molar-refractivity contribution in [2.24, 2.45) is 0 Å². The summed E-state index contributed by atoms with van der Waals surface area (Å²) in [6, 6.07) is 14.2. The summed E-state index contributed by atoms with van der Waals surface area (Å²) in [6.45, 7) is 6.94. The Morgan fingerprint density at radius 2 is 1.67 bits per heavy atom. The maximum absolute atomic E-state index is 12.9. The molecule has 0 saturated heterocycles. The second-order valence-electron chi connectivity index (χ2n) is 7.90. The molecule has 1 atom stereocenters. The van der Waals surface area contributed by atoms with E-state index in [0.29, 0.717) is 12.3 Å². The highest BCUT2D eigenvalue weighted by atomic mass is 19.1. The lowest BCUT2D eigenvalue weighted by atomic mass is 9.86. The summed E-state index contributed by atoms with van der Waals surface area (Å²) in [5, 5.41) is 2.91. The number of hydrogen-bond donors (Lipinski definition) is 1. The Kier molecular flexibility index (Phi) is 6.97. The number of likely N-dealkylation sites (N-methyl/N-ethyl adjacent to an activating group) is 1. The minimum Gasteiger partial charge on any atom is -0.484 e. The summed E-state index contributed by atoms with van der Waals surface area (Å²) in [5.41, 5.74) is 2.53. The molecule has 146 valence electrons. The molecule has 0 aliphatic heterocycles. The van der Waals surface area contributed by atoms with Crippen LogP contribution in [0, 0.1) is 5.82 Å². The molecule has 27 heavy (non-hydrogen) atoms. The van der Waals surface area contributed by atoms with Crippen molar-refractivity contribution in [1.82, 2.24) is 10.2 Å². The van der Waals surface area contributed by atoms with E-state index in [1.54, 1.807) is 0 Å². The first-order valence-electron chi connectivity index (χ1n) is 9.09. The smallest absolute Gasteiger partial charge is 0.258 e. The van der Waals surface area contributed by atoms with Gasteiger partial charge in [-0.1, -0.05) is 45.0 Å². The molecule has 0 bridgehead atoms. The van der Waals surface area contributed by atoms with Crippen LogP contribution in [0.25, 0.3) is 0 Å². The molecule has 1 N–H and O–H groups in total. The minimum absolute atomic E-state index is 0.0637. The number of carbonyl (C=O) groups is 1. The van der Waals surface area contributed by atoms with E-state index in [1.165, 1.54) is 29.8 Å². The molecule has 0 spiro atoms. The molecule has 2 aromatic carbocycles. The second-order valence-corrected chi connectivity index (χ2v) is 7.90. The largest absolute Gasteiger partial charge is 0.484 e. The molecule has 0 radical (unpaired) electrons. The number of rotatable bonds is 7. The van der Waals surface area contributed by atoms with Crippen LogP contribution < -0.4 is 10.1 Å². The number of benzene rings is 2. The lowest BCUT2D eigenvalue weighted by Crippen LogP contribution is -2.36. The third-order valence-corrected chi connectivity index (χ3v) is 4.46. The standard InChI is InChI=1S/C22H29FN2O2/c1-22(2,3)17-8-6-16(7-9-17)20(25(4)5)14-24-21(26)15-27-19-12-10-18(23)11-13-19/h6-13,20H,14-15H2,1-5H3,(H,24,26)/t20-/m1/s1. The molecule has 5 heteroatoms. The highest BCUT2D eigenvalue weighted by Gasteiger charge is 2.18. The van der Waals surface area contributed by atoms with Crippen molar-refractivity contribution in [3.63, 3.8) is 0 Å². The lowest BCUT2D eigenvalue weighted by Gasteiger charge is -2.26. The molecular weight excluding hydrogens is 343 g/mol. The van der Waals surface area contributed by atoms with Gasteiger partial charge in [0.1, 0.15) is 11.6 Å². The van der Waals surface area contributed by atoms with Crippen molar-refractivity contribution >= 4 is 5.91 Å². The van der Waals surface area contributed by atoms with Gasteiger partial charge in [-0.05, 0) is 54.9 Å². The van der Waals surface area contributed by atoms with Gasteiger partial charge in [0.2, 0.25) is 0 Å². The van der Waals surface area contributed by atoms with Crippen LogP contribution in [0.1, 0.15) is 37.9 Å². The molecular formula is C22H29FN2O2. The molecule has 4 nitrogen and oxygen atoms in total. The zero-order chi connectivity index (χ0) is 20.0.